The van der Waals surface area contributed by atoms with Crippen molar-refractivity contribution < 1.29 is 4.74 Å². The minimum absolute atomic E-state index is 0.393. The van der Waals surface area contributed by atoms with E-state index in [9.17, 15) is 0 Å². The van der Waals surface area contributed by atoms with Crippen LogP contribution in [0.4, 0.5) is 0 Å². The summed E-state index contributed by atoms with van der Waals surface area (Å²) in [4.78, 5) is 0. The average Bonchev–Trinajstić information content (AvgIpc) is 2.79. The van der Waals surface area contributed by atoms with Gasteiger partial charge in [0.05, 0.1) is 14.2 Å². The standard InChI is InChI=1S/C10H13Br2NOS/c1-13-9(6-2-3-14-5-6)7-4-8(11)15-10(7)12/h4,6,9,13H,2-3,5H2,1H3. The topological polar surface area (TPSA) is 21.3 Å². The highest BCUT2D eigenvalue weighted by Crippen LogP contribution is 2.39. The molecule has 1 aliphatic rings. The molecule has 1 saturated heterocycles. The number of hydrogen-bond acceptors (Lipinski definition) is 3. The Balaban J connectivity index is 2.21. The second-order valence-electron chi connectivity index (χ2n) is 3.67. The van der Waals surface area contributed by atoms with E-state index < -0.39 is 0 Å². The van der Waals surface area contributed by atoms with Crippen LogP contribution in [0, 0.1) is 5.92 Å². The molecule has 15 heavy (non-hydrogen) atoms. The van der Waals surface area contributed by atoms with Crippen LogP contribution < -0.4 is 5.32 Å². The molecule has 1 aromatic heterocycles. The summed E-state index contributed by atoms with van der Waals surface area (Å²) in [6, 6.07) is 2.58. The molecule has 2 atom stereocenters. The zero-order valence-corrected chi connectivity index (χ0v) is 12.4. The fourth-order valence-corrected chi connectivity index (χ4v) is 4.95. The molecule has 84 valence electrons. The lowest BCUT2D eigenvalue weighted by atomic mass is 9.94. The Hall–Kier alpha value is 0.580. The predicted octanol–water partition coefficient (Wildman–Crippen LogP) is 3.57. The summed E-state index contributed by atoms with van der Waals surface area (Å²) in [7, 11) is 2.01. The molecule has 0 bridgehead atoms. The van der Waals surface area contributed by atoms with E-state index in [2.05, 4.69) is 43.2 Å². The van der Waals surface area contributed by atoms with Crippen molar-refractivity contribution in [1.82, 2.24) is 5.32 Å². The SMILES string of the molecule is CNC(c1cc(Br)sc1Br)C1CCOC1. The van der Waals surface area contributed by atoms with Gasteiger partial charge >= 0.3 is 0 Å². The van der Waals surface area contributed by atoms with Crippen molar-refractivity contribution in [2.24, 2.45) is 5.92 Å². The first kappa shape index (κ1) is 12.0. The number of hydrogen-bond donors (Lipinski definition) is 1. The van der Waals surface area contributed by atoms with E-state index in [1.165, 1.54) is 13.1 Å². The Kier molecular flexibility index (Phi) is 4.24. The van der Waals surface area contributed by atoms with Crippen LogP contribution in [0.5, 0.6) is 0 Å². The van der Waals surface area contributed by atoms with Crippen LogP contribution in [0.2, 0.25) is 0 Å². The highest BCUT2D eigenvalue weighted by molar-refractivity contribution is 9.12. The summed E-state index contributed by atoms with van der Waals surface area (Å²) < 4.78 is 7.82. The van der Waals surface area contributed by atoms with E-state index in [1.54, 1.807) is 11.3 Å². The van der Waals surface area contributed by atoms with Gasteiger partial charge in [-0.25, -0.2) is 0 Å². The summed E-state index contributed by atoms with van der Waals surface area (Å²) in [5.74, 6) is 0.591. The van der Waals surface area contributed by atoms with E-state index in [4.69, 9.17) is 4.74 Å². The quantitative estimate of drug-likeness (QED) is 0.895. The van der Waals surface area contributed by atoms with Crippen molar-refractivity contribution in [2.45, 2.75) is 12.5 Å². The van der Waals surface area contributed by atoms with Gasteiger partial charge in [-0.1, -0.05) is 0 Å². The maximum atomic E-state index is 5.44. The Labute approximate surface area is 111 Å². The van der Waals surface area contributed by atoms with Crippen LogP contribution in [0.25, 0.3) is 0 Å². The van der Waals surface area contributed by atoms with Crippen molar-refractivity contribution in [1.29, 1.82) is 0 Å². The Morgan fingerprint density at radius 2 is 2.40 bits per heavy atom. The van der Waals surface area contributed by atoms with E-state index in [0.29, 0.717) is 12.0 Å². The summed E-state index contributed by atoms with van der Waals surface area (Å²) in [5.41, 5.74) is 1.34. The molecule has 0 amide bonds. The Morgan fingerprint density at radius 3 is 2.87 bits per heavy atom. The second kappa shape index (κ2) is 5.27. The fraction of sp³-hybridized carbons (Fsp3) is 0.600. The van der Waals surface area contributed by atoms with Crippen LogP contribution in [0.15, 0.2) is 13.6 Å². The molecule has 0 radical (unpaired) electrons. The van der Waals surface area contributed by atoms with Gasteiger partial charge in [-0.2, -0.15) is 0 Å². The minimum atomic E-state index is 0.393. The first-order valence-electron chi connectivity index (χ1n) is 4.92. The summed E-state index contributed by atoms with van der Waals surface area (Å²) in [6.45, 7) is 1.76. The normalized spacial score (nSPS) is 23.3. The molecular formula is C10H13Br2NOS. The van der Waals surface area contributed by atoms with Crippen LogP contribution in [-0.4, -0.2) is 20.3 Å². The molecule has 5 heteroatoms. The average molecular weight is 355 g/mol. The van der Waals surface area contributed by atoms with Crippen molar-refractivity contribution in [2.75, 3.05) is 20.3 Å². The van der Waals surface area contributed by atoms with Gasteiger partial charge in [0.25, 0.3) is 0 Å². The van der Waals surface area contributed by atoms with Gasteiger partial charge in [0.15, 0.2) is 0 Å². The Morgan fingerprint density at radius 1 is 1.60 bits per heavy atom. The van der Waals surface area contributed by atoms with Crippen LogP contribution >= 0.6 is 43.2 Å². The predicted molar refractivity (Wildman–Crippen MR) is 70.4 cm³/mol. The third kappa shape index (κ3) is 2.64. The van der Waals surface area contributed by atoms with Crippen molar-refractivity contribution >= 4 is 43.2 Å². The summed E-state index contributed by atoms with van der Waals surface area (Å²) in [6.07, 6.45) is 1.14. The molecule has 0 aliphatic carbocycles. The number of halogens is 2. The second-order valence-corrected chi connectivity index (χ2v) is 7.42. The smallest absolute Gasteiger partial charge is 0.0758 e. The van der Waals surface area contributed by atoms with E-state index >= 15 is 0 Å². The molecule has 1 fully saturated rings. The number of nitrogens with one attached hydrogen (secondary N) is 1. The minimum Gasteiger partial charge on any atom is -0.381 e. The molecule has 0 spiro atoms. The van der Waals surface area contributed by atoms with E-state index in [-0.39, 0.29) is 0 Å². The molecule has 0 saturated carbocycles. The molecule has 2 unspecified atom stereocenters. The monoisotopic (exact) mass is 353 g/mol. The Bertz CT molecular complexity index is 336. The molecule has 1 aromatic rings. The lowest BCUT2D eigenvalue weighted by molar-refractivity contribution is 0.178. The van der Waals surface area contributed by atoms with E-state index in [1.807, 2.05) is 7.05 Å². The van der Waals surface area contributed by atoms with Crippen LogP contribution in [0.1, 0.15) is 18.0 Å². The lowest BCUT2D eigenvalue weighted by Gasteiger charge is -2.21. The number of rotatable bonds is 3. The van der Waals surface area contributed by atoms with Gasteiger partial charge < -0.3 is 10.1 Å². The maximum Gasteiger partial charge on any atom is 0.0758 e. The van der Waals surface area contributed by atoms with Crippen molar-refractivity contribution in [3.63, 3.8) is 0 Å². The maximum absolute atomic E-state index is 5.44. The third-order valence-electron chi connectivity index (χ3n) is 2.77. The van der Waals surface area contributed by atoms with Gasteiger partial charge in [-0.15, -0.1) is 11.3 Å². The molecule has 2 nitrogen and oxygen atoms in total. The molecule has 1 aliphatic heterocycles. The van der Waals surface area contributed by atoms with E-state index in [0.717, 1.165) is 19.6 Å². The highest BCUT2D eigenvalue weighted by Gasteiger charge is 2.28. The van der Waals surface area contributed by atoms with Crippen LogP contribution in [-0.2, 0) is 4.74 Å². The molecular weight excluding hydrogens is 342 g/mol. The molecule has 1 N–H and O–H groups in total. The zero-order valence-electron chi connectivity index (χ0n) is 8.43. The van der Waals surface area contributed by atoms with Crippen molar-refractivity contribution in [3.8, 4) is 0 Å². The third-order valence-corrected chi connectivity index (χ3v) is 5.15. The van der Waals surface area contributed by atoms with Gasteiger partial charge in [0.2, 0.25) is 0 Å². The van der Waals surface area contributed by atoms with Gasteiger partial charge in [-0.05, 0) is 57.0 Å². The van der Waals surface area contributed by atoms with Crippen molar-refractivity contribution in [3.05, 3.63) is 19.2 Å². The van der Waals surface area contributed by atoms with Gasteiger partial charge in [-0.3, -0.25) is 0 Å². The van der Waals surface area contributed by atoms with Gasteiger partial charge in [0, 0.05) is 18.6 Å². The first-order valence-corrected chi connectivity index (χ1v) is 7.32. The summed E-state index contributed by atoms with van der Waals surface area (Å²) >= 11 is 8.86. The fourth-order valence-electron chi connectivity index (χ4n) is 2.03. The lowest BCUT2D eigenvalue weighted by Crippen LogP contribution is -2.25. The molecule has 0 aromatic carbocycles. The molecule has 2 heterocycles. The summed E-state index contributed by atoms with van der Waals surface area (Å²) in [5, 5.41) is 3.39. The molecule has 2 rings (SSSR count). The number of ether oxygens (including phenoxy) is 1. The zero-order chi connectivity index (χ0) is 10.8. The largest absolute Gasteiger partial charge is 0.381 e. The first-order chi connectivity index (χ1) is 7.22. The number of thiophene rings is 1. The van der Waals surface area contributed by atoms with Crippen LogP contribution in [0.3, 0.4) is 0 Å². The van der Waals surface area contributed by atoms with Gasteiger partial charge in [0.1, 0.15) is 0 Å². The highest BCUT2D eigenvalue weighted by atomic mass is 79.9.